The number of aldehydes is 1. The Morgan fingerprint density at radius 2 is 1.44 bits per heavy atom. The largest absolute Gasteiger partial charge is 0.487 e. The topological polar surface area (TPSA) is 173 Å². The number of hydrogen-bond donors (Lipinski definition) is 1. The van der Waals surface area contributed by atoms with E-state index >= 15 is 0 Å². The van der Waals surface area contributed by atoms with E-state index in [0.717, 1.165) is 18.4 Å². The summed E-state index contributed by atoms with van der Waals surface area (Å²) in [5.74, 6) is 6.65. The molecule has 1 heterocycles. The quantitative estimate of drug-likeness (QED) is 0.0962. The number of carbonyl (C=O) groups is 1. The van der Waals surface area contributed by atoms with Crippen LogP contribution in [0.1, 0.15) is 32.9 Å². The van der Waals surface area contributed by atoms with Crippen LogP contribution in [0.25, 0.3) is 0 Å². The molecule has 0 radical (unpaired) electrons. The second-order valence-corrected chi connectivity index (χ2v) is 8.10. The van der Waals surface area contributed by atoms with Gasteiger partial charge in [-0.3, -0.25) is 30.0 Å². The van der Waals surface area contributed by atoms with Gasteiger partial charge in [-0.05, 0) is 66.7 Å². The number of aromatic nitrogens is 1. The van der Waals surface area contributed by atoms with Crippen LogP contribution in [0.15, 0.2) is 90.0 Å². The zero-order valence-corrected chi connectivity index (χ0v) is 20.3. The lowest BCUT2D eigenvalue weighted by atomic mass is 10.00. The SMILES string of the molecule is NN=C(c1ccc(OCc2cccc(COc3ccc(C=O)cc3)n2)cc1)c1ccc([N+](=O)[O-])cc1[N+](=O)[O-]. The molecule has 0 amide bonds. The summed E-state index contributed by atoms with van der Waals surface area (Å²) < 4.78 is 11.5. The monoisotopic (exact) mass is 527 g/mol. The second kappa shape index (κ2) is 12.1. The van der Waals surface area contributed by atoms with E-state index in [1.165, 1.54) is 6.07 Å². The normalized spacial score (nSPS) is 11.0. The van der Waals surface area contributed by atoms with E-state index in [1.54, 1.807) is 48.5 Å². The zero-order chi connectivity index (χ0) is 27.8. The number of ether oxygens (including phenoxy) is 2. The van der Waals surface area contributed by atoms with Crippen LogP contribution in [0.4, 0.5) is 11.4 Å². The van der Waals surface area contributed by atoms with Crippen LogP contribution in [-0.2, 0) is 13.2 Å². The number of hydrazone groups is 1. The van der Waals surface area contributed by atoms with Crippen LogP contribution in [-0.4, -0.2) is 26.8 Å². The molecule has 196 valence electrons. The maximum absolute atomic E-state index is 11.5. The van der Waals surface area contributed by atoms with Gasteiger partial charge in [-0.1, -0.05) is 6.07 Å². The molecule has 0 saturated carbocycles. The summed E-state index contributed by atoms with van der Waals surface area (Å²) in [6.45, 7) is 0.409. The second-order valence-electron chi connectivity index (χ2n) is 8.10. The van der Waals surface area contributed by atoms with E-state index < -0.39 is 21.2 Å². The Morgan fingerprint density at radius 3 is 1.95 bits per heavy atom. The molecule has 4 rings (SSSR count). The van der Waals surface area contributed by atoms with Gasteiger partial charge in [0, 0.05) is 17.2 Å². The number of rotatable bonds is 11. The highest BCUT2D eigenvalue weighted by Crippen LogP contribution is 2.28. The van der Waals surface area contributed by atoms with Crippen molar-refractivity contribution in [2.45, 2.75) is 13.2 Å². The third-order valence-corrected chi connectivity index (χ3v) is 5.55. The number of benzene rings is 3. The molecule has 4 aromatic rings. The van der Waals surface area contributed by atoms with Gasteiger partial charge < -0.3 is 15.3 Å². The van der Waals surface area contributed by atoms with Crippen molar-refractivity contribution >= 4 is 23.4 Å². The first-order chi connectivity index (χ1) is 18.9. The highest BCUT2D eigenvalue weighted by molar-refractivity contribution is 6.15. The summed E-state index contributed by atoms with van der Waals surface area (Å²) in [4.78, 5) is 36.4. The van der Waals surface area contributed by atoms with Crippen LogP contribution >= 0.6 is 0 Å². The van der Waals surface area contributed by atoms with E-state index in [1.807, 2.05) is 18.2 Å². The smallest absolute Gasteiger partial charge is 0.285 e. The van der Waals surface area contributed by atoms with Crippen LogP contribution < -0.4 is 15.3 Å². The molecule has 2 N–H and O–H groups in total. The standard InChI is InChI=1S/C27H21N5O7/c28-30-27(25-13-8-22(31(34)35)14-26(25)32(36)37)19-6-11-24(12-7-19)39-17-21-3-1-2-20(29-21)16-38-23-9-4-18(15-33)5-10-23/h1-15H,16-17,28H2. The summed E-state index contributed by atoms with van der Waals surface area (Å²) >= 11 is 0. The fourth-order valence-electron chi connectivity index (χ4n) is 3.64. The van der Waals surface area contributed by atoms with Gasteiger partial charge in [0.2, 0.25) is 0 Å². The lowest BCUT2D eigenvalue weighted by molar-refractivity contribution is -0.394. The van der Waals surface area contributed by atoms with Crippen molar-refractivity contribution in [1.29, 1.82) is 0 Å². The predicted molar refractivity (Wildman–Crippen MR) is 141 cm³/mol. The van der Waals surface area contributed by atoms with E-state index in [4.69, 9.17) is 15.3 Å². The van der Waals surface area contributed by atoms with Gasteiger partial charge in [-0.25, -0.2) is 0 Å². The Hall–Kier alpha value is -5.65. The number of hydrogen-bond acceptors (Lipinski definition) is 10. The van der Waals surface area contributed by atoms with Crippen molar-refractivity contribution in [3.8, 4) is 11.5 Å². The molecular weight excluding hydrogens is 506 g/mol. The molecule has 0 spiro atoms. The molecule has 0 unspecified atom stereocenters. The van der Waals surface area contributed by atoms with Crippen molar-refractivity contribution in [1.82, 2.24) is 4.98 Å². The summed E-state index contributed by atoms with van der Waals surface area (Å²) in [6, 6.07) is 22.0. The van der Waals surface area contributed by atoms with Crippen LogP contribution in [0.3, 0.4) is 0 Å². The number of non-ortho nitro benzene ring substituents is 1. The molecule has 0 saturated heterocycles. The van der Waals surface area contributed by atoms with Gasteiger partial charge in [-0.2, -0.15) is 5.10 Å². The maximum Gasteiger partial charge on any atom is 0.285 e. The average Bonchev–Trinajstić information content (AvgIpc) is 2.96. The van der Waals surface area contributed by atoms with Crippen molar-refractivity contribution in [3.63, 3.8) is 0 Å². The Balaban J connectivity index is 1.41. The van der Waals surface area contributed by atoms with Crippen LogP contribution in [0, 0.1) is 20.2 Å². The summed E-state index contributed by atoms with van der Waals surface area (Å²) in [5, 5.41) is 26.2. The van der Waals surface area contributed by atoms with Crippen LogP contribution in [0.5, 0.6) is 11.5 Å². The van der Waals surface area contributed by atoms with Crippen molar-refractivity contribution in [3.05, 3.63) is 133 Å². The van der Waals surface area contributed by atoms with Crippen molar-refractivity contribution < 1.29 is 24.1 Å². The number of nitro groups is 2. The van der Waals surface area contributed by atoms with Crippen molar-refractivity contribution in [2.24, 2.45) is 10.9 Å². The number of nitrogens with two attached hydrogens (primary N) is 1. The Morgan fingerprint density at radius 1 is 0.846 bits per heavy atom. The third kappa shape index (κ3) is 6.57. The van der Waals surface area contributed by atoms with E-state index in [0.29, 0.717) is 34.0 Å². The first-order valence-corrected chi connectivity index (χ1v) is 11.4. The highest BCUT2D eigenvalue weighted by Gasteiger charge is 2.23. The highest BCUT2D eigenvalue weighted by atomic mass is 16.6. The fraction of sp³-hybridized carbons (Fsp3) is 0.0741. The molecule has 0 fully saturated rings. The van der Waals surface area contributed by atoms with E-state index in [9.17, 15) is 25.0 Å². The van der Waals surface area contributed by atoms with E-state index in [2.05, 4.69) is 10.1 Å². The van der Waals surface area contributed by atoms with Gasteiger partial charge in [0.25, 0.3) is 11.4 Å². The predicted octanol–water partition coefficient (Wildman–Crippen LogP) is 4.58. The maximum atomic E-state index is 11.5. The Bertz CT molecular complexity index is 1540. The summed E-state index contributed by atoms with van der Waals surface area (Å²) in [6.07, 6.45) is 0.762. The van der Waals surface area contributed by atoms with Crippen molar-refractivity contribution in [2.75, 3.05) is 0 Å². The molecule has 12 nitrogen and oxygen atoms in total. The molecule has 0 aliphatic heterocycles. The third-order valence-electron chi connectivity index (χ3n) is 5.55. The van der Waals surface area contributed by atoms with Crippen LogP contribution in [0.2, 0.25) is 0 Å². The molecule has 0 aliphatic carbocycles. The molecule has 0 bridgehead atoms. The Kier molecular flexibility index (Phi) is 8.17. The molecule has 39 heavy (non-hydrogen) atoms. The number of pyridine rings is 1. The number of nitro benzene ring substituents is 2. The first kappa shape index (κ1) is 26.4. The van der Waals surface area contributed by atoms with Gasteiger partial charge in [0.05, 0.1) is 32.9 Å². The average molecular weight is 527 g/mol. The molecule has 3 aromatic carbocycles. The Labute approximate surface area is 221 Å². The van der Waals surface area contributed by atoms with E-state index in [-0.39, 0.29) is 24.5 Å². The molecule has 1 aromatic heterocycles. The number of carbonyl (C=O) groups excluding carboxylic acids is 1. The lowest BCUT2D eigenvalue weighted by Gasteiger charge is -2.10. The molecular formula is C27H21N5O7. The zero-order valence-electron chi connectivity index (χ0n) is 20.3. The minimum atomic E-state index is -0.722. The van der Waals surface area contributed by atoms with Gasteiger partial charge in [0.15, 0.2) is 0 Å². The molecule has 0 aliphatic rings. The lowest BCUT2D eigenvalue weighted by Crippen LogP contribution is -2.10. The summed E-state index contributed by atoms with van der Waals surface area (Å²) in [5.41, 5.74) is 1.63. The first-order valence-electron chi connectivity index (χ1n) is 11.4. The fourth-order valence-corrected chi connectivity index (χ4v) is 3.64. The van der Waals surface area contributed by atoms with Gasteiger partial charge >= 0.3 is 0 Å². The summed E-state index contributed by atoms with van der Waals surface area (Å²) in [7, 11) is 0. The minimum Gasteiger partial charge on any atom is -0.487 e. The van der Waals surface area contributed by atoms with Gasteiger partial charge in [-0.15, -0.1) is 0 Å². The number of nitrogens with zero attached hydrogens (tertiary/aromatic N) is 4. The molecule has 0 atom stereocenters. The van der Waals surface area contributed by atoms with Gasteiger partial charge in [0.1, 0.15) is 36.7 Å². The molecule has 12 heteroatoms. The minimum absolute atomic E-state index is 0.0460.